The first-order valence-electron chi connectivity index (χ1n) is 5.40. The van der Waals surface area contributed by atoms with Gasteiger partial charge < -0.3 is 9.73 Å². The molecule has 0 radical (unpaired) electrons. The average molecular weight is 301 g/mol. The second-order valence-corrected chi connectivity index (χ2v) is 4.72. The normalized spacial score (nSPS) is 10.5. The maximum absolute atomic E-state index is 10.9. The first-order valence-corrected chi connectivity index (χ1v) is 6.15. The van der Waals surface area contributed by atoms with Gasteiger partial charge in [-0.3, -0.25) is 10.1 Å². The van der Waals surface area contributed by atoms with Crippen LogP contribution in [0.1, 0.15) is 11.5 Å². The van der Waals surface area contributed by atoms with Crippen molar-refractivity contribution in [2.45, 2.75) is 13.5 Å². The van der Waals surface area contributed by atoms with Crippen molar-refractivity contribution in [2.75, 3.05) is 5.32 Å². The van der Waals surface area contributed by atoms with Crippen LogP contribution in [0.25, 0.3) is 0 Å². The molecule has 5 nitrogen and oxygen atoms in total. The van der Waals surface area contributed by atoms with Crippen LogP contribution in [-0.2, 0) is 6.54 Å². The van der Waals surface area contributed by atoms with Crippen molar-refractivity contribution < 1.29 is 9.34 Å². The zero-order chi connectivity index (χ0) is 14.0. The summed E-state index contributed by atoms with van der Waals surface area (Å²) in [7, 11) is 0. The Labute approximate surface area is 119 Å². The quantitative estimate of drug-likeness (QED) is 0.670. The smallest absolute Gasteiger partial charge is 0.293 e. The minimum Gasteiger partial charge on any atom is -0.465 e. The maximum atomic E-state index is 10.9. The SMILES string of the molecule is Cc1ccc(CNc2cc(Cl)c(Cl)cc2[N+](=O)[O-])o1. The lowest BCUT2D eigenvalue weighted by molar-refractivity contribution is -0.383. The number of rotatable bonds is 4. The number of benzene rings is 1. The van der Waals surface area contributed by atoms with E-state index in [-0.39, 0.29) is 15.7 Å². The molecule has 100 valence electrons. The molecule has 0 bridgehead atoms. The summed E-state index contributed by atoms with van der Waals surface area (Å²) in [5, 5.41) is 14.3. The molecule has 0 amide bonds. The second-order valence-electron chi connectivity index (χ2n) is 3.91. The van der Waals surface area contributed by atoms with Crippen LogP contribution in [0.2, 0.25) is 10.0 Å². The number of halogens is 2. The van der Waals surface area contributed by atoms with E-state index in [0.29, 0.717) is 18.0 Å². The van der Waals surface area contributed by atoms with Crippen molar-refractivity contribution in [1.29, 1.82) is 0 Å². The number of hydrogen-bond donors (Lipinski definition) is 1. The zero-order valence-electron chi connectivity index (χ0n) is 9.94. The number of aryl methyl sites for hydroxylation is 1. The summed E-state index contributed by atoms with van der Waals surface area (Å²) in [6, 6.07) is 6.27. The fourth-order valence-electron chi connectivity index (χ4n) is 1.59. The Bertz CT molecular complexity index is 625. The summed E-state index contributed by atoms with van der Waals surface area (Å²) >= 11 is 11.6. The lowest BCUT2D eigenvalue weighted by Gasteiger charge is -2.07. The number of nitro benzene ring substituents is 1. The molecule has 1 aromatic carbocycles. The molecule has 1 aromatic heterocycles. The fraction of sp³-hybridized carbons (Fsp3) is 0.167. The van der Waals surface area contributed by atoms with Crippen LogP contribution in [-0.4, -0.2) is 4.92 Å². The Balaban J connectivity index is 2.23. The molecule has 19 heavy (non-hydrogen) atoms. The Morgan fingerprint density at radius 3 is 2.58 bits per heavy atom. The zero-order valence-corrected chi connectivity index (χ0v) is 11.5. The molecule has 0 aliphatic carbocycles. The number of hydrogen-bond acceptors (Lipinski definition) is 4. The highest BCUT2D eigenvalue weighted by Gasteiger charge is 2.17. The number of anilines is 1. The van der Waals surface area contributed by atoms with E-state index in [1.807, 2.05) is 13.0 Å². The number of nitro groups is 1. The van der Waals surface area contributed by atoms with Gasteiger partial charge in [-0.05, 0) is 25.1 Å². The molecule has 0 saturated heterocycles. The molecule has 0 atom stereocenters. The monoisotopic (exact) mass is 300 g/mol. The van der Waals surface area contributed by atoms with Gasteiger partial charge in [0.25, 0.3) is 5.69 Å². The molecule has 7 heteroatoms. The van der Waals surface area contributed by atoms with Gasteiger partial charge in [0.2, 0.25) is 0 Å². The van der Waals surface area contributed by atoms with Crippen LogP contribution in [0.4, 0.5) is 11.4 Å². The molecule has 0 fully saturated rings. The predicted molar refractivity (Wildman–Crippen MR) is 73.9 cm³/mol. The topological polar surface area (TPSA) is 68.3 Å². The summed E-state index contributed by atoms with van der Waals surface area (Å²) < 4.78 is 5.37. The van der Waals surface area contributed by atoms with Crippen molar-refractivity contribution in [2.24, 2.45) is 0 Å². The molecule has 2 aromatic rings. The summed E-state index contributed by atoms with van der Waals surface area (Å²) in [6.07, 6.45) is 0. The van der Waals surface area contributed by atoms with E-state index in [2.05, 4.69) is 5.32 Å². The first-order chi connectivity index (χ1) is 8.97. The van der Waals surface area contributed by atoms with E-state index in [4.69, 9.17) is 27.6 Å². The van der Waals surface area contributed by atoms with Crippen LogP contribution >= 0.6 is 23.2 Å². The average Bonchev–Trinajstić information content (AvgIpc) is 2.76. The Morgan fingerprint density at radius 1 is 1.32 bits per heavy atom. The predicted octanol–water partition coefficient (Wildman–Crippen LogP) is 4.42. The van der Waals surface area contributed by atoms with Gasteiger partial charge in [0, 0.05) is 6.07 Å². The second kappa shape index (κ2) is 5.50. The minimum atomic E-state index is -0.516. The molecule has 2 rings (SSSR count). The molecule has 0 aliphatic rings. The third-order valence-corrected chi connectivity index (χ3v) is 3.21. The highest BCUT2D eigenvalue weighted by Crippen LogP contribution is 2.34. The first kappa shape index (κ1) is 13.7. The fourth-order valence-corrected chi connectivity index (χ4v) is 1.91. The summed E-state index contributed by atoms with van der Waals surface area (Å²) in [6.45, 7) is 2.15. The van der Waals surface area contributed by atoms with Crippen LogP contribution in [0.3, 0.4) is 0 Å². The molecule has 0 saturated carbocycles. The minimum absolute atomic E-state index is 0.127. The van der Waals surface area contributed by atoms with Crippen LogP contribution in [0, 0.1) is 17.0 Å². The van der Waals surface area contributed by atoms with Gasteiger partial charge in [0.15, 0.2) is 0 Å². The number of nitrogens with zero attached hydrogens (tertiary/aromatic N) is 1. The summed E-state index contributed by atoms with van der Waals surface area (Å²) in [4.78, 5) is 10.4. The molecule has 0 unspecified atom stereocenters. The van der Waals surface area contributed by atoms with E-state index < -0.39 is 4.92 Å². The van der Waals surface area contributed by atoms with Gasteiger partial charge in [-0.25, -0.2) is 0 Å². The lowest BCUT2D eigenvalue weighted by Crippen LogP contribution is -2.02. The molecule has 0 aliphatic heterocycles. The van der Waals surface area contributed by atoms with E-state index in [1.165, 1.54) is 12.1 Å². The van der Waals surface area contributed by atoms with Gasteiger partial charge in [-0.2, -0.15) is 0 Å². The van der Waals surface area contributed by atoms with Crippen molar-refractivity contribution in [3.05, 3.63) is 55.9 Å². The van der Waals surface area contributed by atoms with Gasteiger partial charge in [0.1, 0.15) is 17.2 Å². The standard InChI is InChI=1S/C12H10Cl2N2O3/c1-7-2-3-8(19-7)6-15-11-4-9(13)10(14)5-12(11)16(17)18/h2-5,15H,6H2,1H3. The van der Waals surface area contributed by atoms with Crippen molar-refractivity contribution in [3.8, 4) is 0 Å². The molecular formula is C12H10Cl2N2O3. The molecule has 0 spiro atoms. The van der Waals surface area contributed by atoms with Crippen LogP contribution in [0.15, 0.2) is 28.7 Å². The highest BCUT2D eigenvalue weighted by molar-refractivity contribution is 6.42. The van der Waals surface area contributed by atoms with E-state index in [9.17, 15) is 10.1 Å². The molecular weight excluding hydrogens is 291 g/mol. The Hall–Kier alpha value is -1.72. The third kappa shape index (κ3) is 3.19. The van der Waals surface area contributed by atoms with E-state index in [0.717, 1.165) is 5.76 Å². The number of nitrogens with one attached hydrogen (secondary N) is 1. The van der Waals surface area contributed by atoms with Crippen molar-refractivity contribution in [1.82, 2.24) is 0 Å². The third-order valence-electron chi connectivity index (χ3n) is 2.48. The van der Waals surface area contributed by atoms with Gasteiger partial charge in [0.05, 0.1) is 21.5 Å². The van der Waals surface area contributed by atoms with Gasteiger partial charge in [-0.15, -0.1) is 0 Å². The summed E-state index contributed by atoms with van der Waals surface area (Å²) in [5.41, 5.74) is 0.172. The Kier molecular flexibility index (Phi) is 3.97. The van der Waals surface area contributed by atoms with Crippen molar-refractivity contribution in [3.63, 3.8) is 0 Å². The van der Waals surface area contributed by atoms with E-state index >= 15 is 0 Å². The Morgan fingerprint density at radius 2 is 2.00 bits per heavy atom. The highest BCUT2D eigenvalue weighted by atomic mass is 35.5. The largest absolute Gasteiger partial charge is 0.465 e. The van der Waals surface area contributed by atoms with Gasteiger partial charge in [-0.1, -0.05) is 23.2 Å². The molecule has 1 heterocycles. The maximum Gasteiger partial charge on any atom is 0.293 e. The summed E-state index contributed by atoms with van der Waals surface area (Å²) in [5.74, 6) is 1.46. The molecule has 1 N–H and O–H groups in total. The van der Waals surface area contributed by atoms with Crippen molar-refractivity contribution >= 4 is 34.6 Å². The number of furan rings is 1. The van der Waals surface area contributed by atoms with Crippen LogP contribution in [0.5, 0.6) is 0 Å². The van der Waals surface area contributed by atoms with E-state index in [1.54, 1.807) is 6.07 Å². The van der Waals surface area contributed by atoms with Gasteiger partial charge >= 0.3 is 0 Å². The van der Waals surface area contributed by atoms with Crippen LogP contribution < -0.4 is 5.32 Å². The lowest BCUT2D eigenvalue weighted by atomic mass is 10.2.